The molecule has 17 heavy (non-hydrogen) atoms. The summed E-state index contributed by atoms with van der Waals surface area (Å²) in [4.78, 5) is 8.07. The Balaban J connectivity index is 2.62. The maximum absolute atomic E-state index is 5.89. The van der Waals surface area contributed by atoms with Gasteiger partial charge >= 0.3 is 0 Å². The SMILES string of the molecule is COc1ncnc(NC(C)CCC(C)C)c1N. The fourth-order valence-corrected chi connectivity index (χ4v) is 1.55. The zero-order valence-electron chi connectivity index (χ0n) is 11.0. The molecule has 5 nitrogen and oxygen atoms in total. The van der Waals surface area contributed by atoms with Gasteiger partial charge in [-0.05, 0) is 25.7 Å². The van der Waals surface area contributed by atoms with Crippen molar-refractivity contribution in [3.8, 4) is 5.88 Å². The van der Waals surface area contributed by atoms with E-state index in [4.69, 9.17) is 10.5 Å². The van der Waals surface area contributed by atoms with Gasteiger partial charge in [0, 0.05) is 6.04 Å². The first-order chi connectivity index (χ1) is 8.04. The van der Waals surface area contributed by atoms with Crippen LogP contribution >= 0.6 is 0 Å². The van der Waals surface area contributed by atoms with E-state index in [9.17, 15) is 0 Å². The number of nitrogens with zero attached hydrogens (tertiary/aromatic N) is 2. The van der Waals surface area contributed by atoms with Gasteiger partial charge in [0.05, 0.1) is 7.11 Å². The van der Waals surface area contributed by atoms with E-state index in [-0.39, 0.29) is 0 Å². The normalized spacial score (nSPS) is 12.5. The molecule has 0 aromatic carbocycles. The highest BCUT2D eigenvalue weighted by molar-refractivity contribution is 5.66. The third kappa shape index (κ3) is 4.09. The molecule has 1 rings (SSSR count). The summed E-state index contributed by atoms with van der Waals surface area (Å²) in [5, 5.41) is 3.28. The average Bonchev–Trinajstić information content (AvgIpc) is 2.29. The summed E-state index contributed by atoms with van der Waals surface area (Å²) < 4.78 is 5.05. The first-order valence-corrected chi connectivity index (χ1v) is 5.95. The van der Waals surface area contributed by atoms with Crippen LogP contribution in [0.5, 0.6) is 5.88 Å². The van der Waals surface area contributed by atoms with Crippen molar-refractivity contribution in [1.82, 2.24) is 9.97 Å². The Hall–Kier alpha value is -1.52. The second kappa shape index (κ2) is 6.27. The Kier molecular flexibility index (Phi) is 5.00. The molecular weight excluding hydrogens is 216 g/mol. The lowest BCUT2D eigenvalue weighted by Gasteiger charge is -2.17. The van der Waals surface area contributed by atoms with Gasteiger partial charge in [-0.3, -0.25) is 0 Å². The Morgan fingerprint density at radius 2 is 2.00 bits per heavy atom. The smallest absolute Gasteiger partial charge is 0.242 e. The molecule has 1 aromatic rings. The van der Waals surface area contributed by atoms with Crippen LogP contribution in [0.15, 0.2) is 6.33 Å². The summed E-state index contributed by atoms with van der Waals surface area (Å²) in [6, 6.07) is 0.333. The Labute approximate surface area is 103 Å². The lowest BCUT2D eigenvalue weighted by molar-refractivity contribution is 0.399. The van der Waals surface area contributed by atoms with Crippen LogP contribution in [-0.2, 0) is 0 Å². The van der Waals surface area contributed by atoms with Crippen LogP contribution in [0.1, 0.15) is 33.6 Å². The van der Waals surface area contributed by atoms with Crippen LogP contribution in [0.3, 0.4) is 0 Å². The highest BCUT2D eigenvalue weighted by Crippen LogP contribution is 2.25. The number of anilines is 2. The number of rotatable bonds is 6. The maximum atomic E-state index is 5.89. The lowest BCUT2D eigenvalue weighted by atomic mass is 10.0. The molecular formula is C12H22N4O. The molecule has 1 heterocycles. The number of nitrogens with two attached hydrogens (primary N) is 1. The first kappa shape index (κ1) is 13.5. The molecule has 96 valence electrons. The zero-order chi connectivity index (χ0) is 12.8. The van der Waals surface area contributed by atoms with Crippen molar-refractivity contribution in [2.24, 2.45) is 5.92 Å². The minimum absolute atomic E-state index is 0.333. The lowest BCUT2D eigenvalue weighted by Crippen LogP contribution is -2.18. The number of aromatic nitrogens is 2. The summed E-state index contributed by atoms with van der Waals surface area (Å²) in [6.45, 7) is 6.56. The monoisotopic (exact) mass is 238 g/mol. The highest BCUT2D eigenvalue weighted by atomic mass is 16.5. The maximum Gasteiger partial charge on any atom is 0.242 e. The van der Waals surface area contributed by atoms with E-state index in [1.165, 1.54) is 12.7 Å². The molecule has 0 bridgehead atoms. The standard InChI is InChI=1S/C12H22N4O/c1-8(2)5-6-9(3)16-11-10(13)12(17-4)15-7-14-11/h7-9H,5-6,13H2,1-4H3,(H,14,15,16). The predicted molar refractivity (Wildman–Crippen MR) is 70.2 cm³/mol. The number of nitrogen functional groups attached to an aromatic ring is 1. The van der Waals surface area contributed by atoms with Crippen molar-refractivity contribution in [3.63, 3.8) is 0 Å². The molecule has 1 aromatic heterocycles. The molecule has 0 saturated heterocycles. The number of nitrogens with one attached hydrogen (secondary N) is 1. The van der Waals surface area contributed by atoms with Crippen LogP contribution in [0.4, 0.5) is 11.5 Å². The van der Waals surface area contributed by atoms with Crippen LogP contribution in [0.25, 0.3) is 0 Å². The topological polar surface area (TPSA) is 73.1 Å². The molecule has 1 unspecified atom stereocenters. The fraction of sp³-hybridized carbons (Fsp3) is 0.667. The molecule has 0 amide bonds. The molecule has 5 heteroatoms. The van der Waals surface area contributed by atoms with Gasteiger partial charge in [-0.1, -0.05) is 13.8 Å². The van der Waals surface area contributed by atoms with Gasteiger partial charge < -0.3 is 15.8 Å². The highest BCUT2D eigenvalue weighted by Gasteiger charge is 2.11. The fourth-order valence-electron chi connectivity index (χ4n) is 1.55. The van der Waals surface area contributed by atoms with E-state index in [0.29, 0.717) is 29.3 Å². The van der Waals surface area contributed by atoms with Crippen LogP contribution in [0, 0.1) is 5.92 Å². The van der Waals surface area contributed by atoms with E-state index in [1.807, 2.05) is 0 Å². The number of hydrogen-bond donors (Lipinski definition) is 2. The molecule has 0 aliphatic carbocycles. The molecule has 0 saturated carbocycles. The second-order valence-electron chi connectivity index (χ2n) is 4.66. The van der Waals surface area contributed by atoms with Crippen molar-refractivity contribution >= 4 is 11.5 Å². The van der Waals surface area contributed by atoms with Crippen LogP contribution < -0.4 is 15.8 Å². The predicted octanol–water partition coefficient (Wildman–Crippen LogP) is 2.30. The largest absolute Gasteiger partial charge is 0.479 e. The van der Waals surface area contributed by atoms with Crippen molar-refractivity contribution in [2.45, 2.75) is 39.7 Å². The van der Waals surface area contributed by atoms with Crippen LogP contribution in [-0.4, -0.2) is 23.1 Å². The summed E-state index contributed by atoms with van der Waals surface area (Å²) in [5.41, 5.74) is 6.35. The Bertz CT molecular complexity index is 354. The Morgan fingerprint density at radius 3 is 2.59 bits per heavy atom. The van der Waals surface area contributed by atoms with Gasteiger partial charge in [-0.15, -0.1) is 0 Å². The summed E-state index contributed by atoms with van der Waals surface area (Å²) in [5.74, 6) is 1.77. The van der Waals surface area contributed by atoms with E-state index in [0.717, 1.165) is 6.42 Å². The molecule has 0 spiro atoms. The van der Waals surface area contributed by atoms with Crippen molar-refractivity contribution in [2.75, 3.05) is 18.2 Å². The number of hydrogen-bond acceptors (Lipinski definition) is 5. The zero-order valence-corrected chi connectivity index (χ0v) is 11.0. The second-order valence-corrected chi connectivity index (χ2v) is 4.66. The average molecular weight is 238 g/mol. The van der Waals surface area contributed by atoms with E-state index in [1.54, 1.807) is 7.11 Å². The van der Waals surface area contributed by atoms with Crippen LogP contribution in [0.2, 0.25) is 0 Å². The van der Waals surface area contributed by atoms with E-state index in [2.05, 4.69) is 36.1 Å². The van der Waals surface area contributed by atoms with Crippen molar-refractivity contribution < 1.29 is 4.74 Å². The number of ether oxygens (including phenoxy) is 1. The summed E-state index contributed by atoms with van der Waals surface area (Å²) >= 11 is 0. The van der Waals surface area contributed by atoms with Gasteiger partial charge in [-0.25, -0.2) is 4.98 Å². The third-order valence-corrected chi connectivity index (χ3v) is 2.60. The molecule has 0 aliphatic rings. The molecule has 1 atom stereocenters. The Morgan fingerprint density at radius 1 is 1.29 bits per heavy atom. The molecule has 0 radical (unpaired) electrons. The molecule has 3 N–H and O–H groups in total. The minimum atomic E-state index is 0.333. The van der Waals surface area contributed by atoms with Gasteiger partial charge in [0.25, 0.3) is 0 Å². The summed E-state index contributed by atoms with van der Waals surface area (Å²) in [7, 11) is 1.55. The van der Waals surface area contributed by atoms with Crippen molar-refractivity contribution in [1.29, 1.82) is 0 Å². The molecule has 0 aliphatic heterocycles. The first-order valence-electron chi connectivity index (χ1n) is 5.95. The quantitative estimate of drug-likeness (QED) is 0.795. The van der Waals surface area contributed by atoms with Gasteiger partial charge in [-0.2, -0.15) is 4.98 Å². The number of methoxy groups -OCH3 is 1. The third-order valence-electron chi connectivity index (χ3n) is 2.60. The van der Waals surface area contributed by atoms with Gasteiger partial charge in [0.15, 0.2) is 5.82 Å². The van der Waals surface area contributed by atoms with Crippen molar-refractivity contribution in [3.05, 3.63) is 6.33 Å². The minimum Gasteiger partial charge on any atom is -0.479 e. The summed E-state index contributed by atoms with van der Waals surface area (Å²) in [6.07, 6.45) is 3.71. The molecule has 0 fully saturated rings. The van der Waals surface area contributed by atoms with Gasteiger partial charge in [0.2, 0.25) is 5.88 Å². The van der Waals surface area contributed by atoms with E-state index >= 15 is 0 Å². The van der Waals surface area contributed by atoms with Gasteiger partial charge in [0.1, 0.15) is 12.0 Å². The van der Waals surface area contributed by atoms with E-state index < -0.39 is 0 Å².